The summed E-state index contributed by atoms with van der Waals surface area (Å²) in [6, 6.07) is -0.891. The summed E-state index contributed by atoms with van der Waals surface area (Å²) in [5.41, 5.74) is 4.05. The highest BCUT2D eigenvalue weighted by Gasteiger charge is 2.42. The normalized spacial score (nSPS) is 17.4. The van der Waals surface area contributed by atoms with Gasteiger partial charge in [-0.1, -0.05) is 6.92 Å². The molecule has 1 rings (SSSR count). The third-order valence-corrected chi connectivity index (χ3v) is 3.78. The Morgan fingerprint density at radius 1 is 1.40 bits per heavy atom. The van der Waals surface area contributed by atoms with Crippen LogP contribution in [0.2, 0.25) is 0 Å². The summed E-state index contributed by atoms with van der Waals surface area (Å²) in [5, 5.41) is 2.03. The summed E-state index contributed by atoms with van der Waals surface area (Å²) in [6.07, 6.45) is 2.69. The van der Waals surface area contributed by atoms with Crippen LogP contribution in [0.3, 0.4) is 0 Å². The van der Waals surface area contributed by atoms with Crippen molar-refractivity contribution in [3.8, 4) is 0 Å². The Labute approximate surface area is 118 Å². The van der Waals surface area contributed by atoms with E-state index in [-0.39, 0.29) is 12.5 Å². The van der Waals surface area contributed by atoms with E-state index in [9.17, 15) is 14.4 Å². The molecule has 0 aromatic rings. The van der Waals surface area contributed by atoms with Gasteiger partial charge in [0.05, 0.1) is 13.7 Å². The lowest BCUT2D eigenvalue weighted by Gasteiger charge is -2.37. The minimum absolute atomic E-state index is 0.0567. The Hall–Kier alpha value is -1.63. The number of amides is 3. The van der Waals surface area contributed by atoms with Gasteiger partial charge in [-0.2, -0.15) is 0 Å². The molecule has 0 heterocycles. The molecular formula is C13H23N3O4. The number of imide groups is 1. The molecule has 3 N–H and O–H groups in total. The Morgan fingerprint density at radius 3 is 2.40 bits per heavy atom. The van der Waals surface area contributed by atoms with Crippen LogP contribution < -0.4 is 11.1 Å². The van der Waals surface area contributed by atoms with E-state index in [4.69, 9.17) is 10.5 Å². The van der Waals surface area contributed by atoms with Crippen LogP contribution in [-0.4, -0.2) is 48.5 Å². The maximum atomic E-state index is 12.0. The lowest BCUT2D eigenvalue weighted by molar-refractivity contribution is -0.155. The Balaban J connectivity index is 2.82. The van der Waals surface area contributed by atoms with Crippen molar-refractivity contribution < 1.29 is 19.1 Å². The summed E-state index contributed by atoms with van der Waals surface area (Å²) in [7, 11) is 1.33. The quantitative estimate of drug-likeness (QED) is 0.652. The molecule has 0 radical (unpaired) electrons. The fourth-order valence-corrected chi connectivity index (χ4v) is 2.12. The largest absolute Gasteiger partial charge is 0.468 e. The number of carbonyl (C=O) groups excluding carboxylic acids is 3. The second-order valence-electron chi connectivity index (χ2n) is 5.36. The van der Waals surface area contributed by atoms with E-state index >= 15 is 0 Å². The summed E-state index contributed by atoms with van der Waals surface area (Å²) >= 11 is 0. The molecular weight excluding hydrogens is 262 g/mol. The standard InChI is InChI=1S/C13H23N3O4/c1-4-13(2,11(18)20-3)16(7-9-5-6-9)8-10(17)15-12(14)19/h9H,4-8H2,1-3H3,(H3,14,15,17,19)/t13-/m0/s1. The Morgan fingerprint density at radius 2 is 2.00 bits per heavy atom. The molecule has 1 saturated carbocycles. The number of esters is 1. The Kier molecular flexibility index (Phi) is 5.50. The van der Waals surface area contributed by atoms with Crippen molar-refractivity contribution in [2.45, 2.75) is 38.6 Å². The lowest BCUT2D eigenvalue weighted by Crippen LogP contribution is -2.56. The lowest BCUT2D eigenvalue weighted by atomic mass is 9.95. The zero-order chi connectivity index (χ0) is 15.3. The minimum Gasteiger partial charge on any atom is -0.468 e. The molecule has 0 bridgehead atoms. The van der Waals surface area contributed by atoms with Crippen LogP contribution in [0.5, 0.6) is 0 Å². The summed E-state index contributed by atoms with van der Waals surface area (Å²) in [4.78, 5) is 36.2. The van der Waals surface area contributed by atoms with Gasteiger partial charge in [-0.25, -0.2) is 4.79 Å². The van der Waals surface area contributed by atoms with Gasteiger partial charge in [-0.05, 0) is 32.1 Å². The highest BCUT2D eigenvalue weighted by molar-refractivity contribution is 5.94. The molecule has 0 spiro atoms. The van der Waals surface area contributed by atoms with Crippen LogP contribution in [0.1, 0.15) is 33.1 Å². The molecule has 0 saturated heterocycles. The fraction of sp³-hybridized carbons (Fsp3) is 0.769. The minimum atomic E-state index is -0.891. The van der Waals surface area contributed by atoms with Crippen molar-refractivity contribution in [3.05, 3.63) is 0 Å². The van der Waals surface area contributed by atoms with E-state index in [1.54, 1.807) is 11.8 Å². The number of hydrogen-bond donors (Lipinski definition) is 2. The Bertz CT molecular complexity index is 395. The van der Waals surface area contributed by atoms with Gasteiger partial charge in [0.1, 0.15) is 5.54 Å². The molecule has 0 aromatic carbocycles. The van der Waals surface area contributed by atoms with Gasteiger partial charge in [0.2, 0.25) is 5.91 Å². The number of rotatable bonds is 7. The van der Waals surface area contributed by atoms with E-state index in [1.807, 2.05) is 12.2 Å². The van der Waals surface area contributed by atoms with Crippen LogP contribution in [0.25, 0.3) is 0 Å². The van der Waals surface area contributed by atoms with E-state index in [0.29, 0.717) is 18.9 Å². The van der Waals surface area contributed by atoms with E-state index in [0.717, 1.165) is 12.8 Å². The average Bonchev–Trinajstić information content (AvgIpc) is 3.19. The van der Waals surface area contributed by atoms with Crippen LogP contribution >= 0.6 is 0 Å². The third-order valence-electron chi connectivity index (χ3n) is 3.78. The average molecular weight is 285 g/mol. The number of nitrogens with one attached hydrogen (secondary N) is 1. The van der Waals surface area contributed by atoms with Gasteiger partial charge in [0, 0.05) is 6.54 Å². The smallest absolute Gasteiger partial charge is 0.325 e. The van der Waals surface area contributed by atoms with Crippen molar-refractivity contribution in [2.75, 3.05) is 20.2 Å². The first-order valence-electron chi connectivity index (χ1n) is 6.76. The zero-order valence-electron chi connectivity index (χ0n) is 12.3. The SMILES string of the molecule is CC[C@@](C)(C(=O)OC)N(CC(=O)NC(N)=O)CC1CC1. The van der Waals surface area contributed by atoms with Gasteiger partial charge < -0.3 is 10.5 Å². The van der Waals surface area contributed by atoms with Crippen LogP contribution in [-0.2, 0) is 14.3 Å². The topological polar surface area (TPSA) is 102 Å². The molecule has 1 fully saturated rings. The van der Waals surface area contributed by atoms with E-state index in [1.165, 1.54) is 7.11 Å². The molecule has 0 aliphatic heterocycles. The van der Waals surface area contributed by atoms with Crippen LogP contribution in [0.4, 0.5) is 4.79 Å². The maximum absolute atomic E-state index is 12.0. The first kappa shape index (κ1) is 16.4. The summed E-state index contributed by atoms with van der Waals surface area (Å²) in [6.45, 7) is 4.19. The molecule has 3 amide bonds. The second-order valence-corrected chi connectivity index (χ2v) is 5.36. The second kappa shape index (κ2) is 6.69. The number of nitrogens with two attached hydrogens (primary N) is 1. The van der Waals surface area contributed by atoms with Gasteiger partial charge >= 0.3 is 12.0 Å². The highest BCUT2D eigenvalue weighted by Crippen LogP contribution is 2.33. The molecule has 1 aliphatic carbocycles. The molecule has 7 heteroatoms. The fourth-order valence-electron chi connectivity index (χ4n) is 2.12. The van der Waals surface area contributed by atoms with Gasteiger partial charge in [-0.3, -0.25) is 19.8 Å². The number of primary amides is 1. The molecule has 1 aliphatic rings. The predicted octanol–water partition coefficient (Wildman–Crippen LogP) is 0.235. The van der Waals surface area contributed by atoms with Crippen molar-refractivity contribution in [1.82, 2.24) is 10.2 Å². The van der Waals surface area contributed by atoms with Gasteiger partial charge in [0.25, 0.3) is 0 Å². The van der Waals surface area contributed by atoms with Crippen LogP contribution in [0.15, 0.2) is 0 Å². The maximum Gasteiger partial charge on any atom is 0.325 e. The zero-order valence-corrected chi connectivity index (χ0v) is 12.3. The van der Waals surface area contributed by atoms with Crippen molar-refractivity contribution in [3.63, 3.8) is 0 Å². The third kappa shape index (κ3) is 4.19. The number of nitrogens with zero attached hydrogens (tertiary/aromatic N) is 1. The predicted molar refractivity (Wildman–Crippen MR) is 72.7 cm³/mol. The summed E-state index contributed by atoms with van der Waals surface area (Å²) in [5.74, 6) is -0.402. The first-order chi connectivity index (χ1) is 9.33. The number of urea groups is 1. The number of carbonyl (C=O) groups is 3. The van der Waals surface area contributed by atoms with Crippen LogP contribution in [0, 0.1) is 5.92 Å². The van der Waals surface area contributed by atoms with E-state index in [2.05, 4.69) is 0 Å². The molecule has 20 heavy (non-hydrogen) atoms. The molecule has 1 atom stereocenters. The monoisotopic (exact) mass is 285 g/mol. The molecule has 7 nitrogen and oxygen atoms in total. The van der Waals surface area contributed by atoms with Gasteiger partial charge in [0.15, 0.2) is 0 Å². The van der Waals surface area contributed by atoms with Crippen molar-refractivity contribution in [2.24, 2.45) is 11.7 Å². The highest BCUT2D eigenvalue weighted by atomic mass is 16.5. The van der Waals surface area contributed by atoms with Crippen molar-refractivity contribution >= 4 is 17.9 Å². The van der Waals surface area contributed by atoms with Gasteiger partial charge in [-0.15, -0.1) is 0 Å². The number of hydrogen-bond acceptors (Lipinski definition) is 5. The van der Waals surface area contributed by atoms with Crippen molar-refractivity contribution in [1.29, 1.82) is 0 Å². The molecule has 0 aromatic heterocycles. The first-order valence-corrected chi connectivity index (χ1v) is 6.76. The summed E-state index contributed by atoms with van der Waals surface area (Å²) < 4.78 is 4.85. The van der Waals surface area contributed by atoms with E-state index < -0.39 is 17.5 Å². The molecule has 0 unspecified atom stereocenters. The number of methoxy groups -OCH3 is 1. The number of ether oxygens (including phenoxy) is 1. The molecule has 114 valence electrons.